The topological polar surface area (TPSA) is 67.6 Å². The average molecular weight is 239 g/mol. The molecule has 1 fully saturated rings. The molecule has 1 N–H and O–H groups in total. The van der Waals surface area contributed by atoms with E-state index in [1.54, 1.807) is 12.4 Å². The van der Waals surface area contributed by atoms with Gasteiger partial charge in [-0.2, -0.15) is 5.10 Å². The van der Waals surface area contributed by atoms with Crippen molar-refractivity contribution in [3.63, 3.8) is 0 Å². The second kappa shape index (κ2) is 5.18. The lowest BCUT2D eigenvalue weighted by atomic mass is 10.2. The Labute approximate surface area is 99.8 Å². The minimum absolute atomic E-state index is 0.132. The van der Waals surface area contributed by atoms with E-state index < -0.39 is 5.97 Å². The predicted molar refractivity (Wildman–Crippen MR) is 61.0 cm³/mol. The molecule has 94 valence electrons. The molecule has 0 aliphatic carbocycles. The summed E-state index contributed by atoms with van der Waals surface area (Å²) in [6.45, 7) is 1.62. The van der Waals surface area contributed by atoms with Gasteiger partial charge in [0.15, 0.2) is 5.75 Å². The van der Waals surface area contributed by atoms with Crippen molar-refractivity contribution >= 4 is 5.97 Å². The van der Waals surface area contributed by atoms with E-state index in [1.165, 1.54) is 11.1 Å². The van der Waals surface area contributed by atoms with Gasteiger partial charge in [-0.1, -0.05) is 0 Å². The highest BCUT2D eigenvalue weighted by molar-refractivity contribution is 5.66. The van der Waals surface area contributed by atoms with Gasteiger partial charge in [0.1, 0.15) is 13.2 Å². The predicted octanol–water partition coefficient (Wildman–Crippen LogP) is 0.441. The second-order valence-corrected chi connectivity index (χ2v) is 4.36. The van der Waals surface area contributed by atoms with Crippen molar-refractivity contribution in [2.45, 2.75) is 25.4 Å². The van der Waals surface area contributed by atoms with E-state index in [9.17, 15) is 4.79 Å². The zero-order valence-corrected chi connectivity index (χ0v) is 9.87. The van der Waals surface area contributed by atoms with Crippen LogP contribution in [0.2, 0.25) is 0 Å². The summed E-state index contributed by atoms with van der Waals surface area (Å²) in [6.07, 6.45) is 5.53. The van der Waals surface area contributed by atoms with Crippen LogP contribution in [0.25, 0.3) is 0 Å². The Morgan fingerprint density at radius 3 is 3.18 bits per heavy atom. The number of carboxylic acid groups (broad SMARTS) is 1. The first-order valence-electron chi connectivity index (χ1n) is 5.72. The molecule has 17 heavy (non-hydrogen) atoms. The fourth-order valence-electron chi connectivity index (χ4n) is 2.03. The lowest BCUT2D eigenvalue weighted by molar-refractivity contribution is -0.137. The largest absolute Gasteiger partial charge is 0.489 e. The number of rotatable bonds is 5. The van der Waals surface area contributed by atoms with Crippen LogP contribution in [-0.4, -0.2) is 52.0 Å². The Morgan fingerprint density at radius 1 is 1.71 bits per heavy atom. The Hall–Kier alpha value is -1.56. The fourth-order valence-corrected chi connectivity index (χ4v) is 2.03. The number of carboxylic acids is 1. The van der Waals surface area contributed by atoms with E-state index in [0.717, 1.165) is 13.0 Å². The summed E-state index contributed by atoms with van der Waals surface area (Å²) < 4.78 is 6.96. The fraction of sp³-hybridized carbons (Fsp3) is 0.636. The molecule has 1 aliphatic heterocycles. The lowest BCUT2D eigenvalue weighted by Gasteiger charge is -2.18. The number of carbonyl (C=O) groups is 1. The molecule has 1 aromatic rings. The Morgan fingerprint density at radius 2 is 2.53 bits per heavy atom. The van der Waals surface area contributed by atoms with E-state index in [-0.39, 0.29) is 6.54 Å². The Balaban J connectivity index is 1.82. The number of likely N-dealkylation sites (tertiary alicyclic amines) is 1. The van der Waals surface area contributed by atoms with Gasteiger partial charge in [0, 0.05) is 6.04 Å². The van der Waals surface area contributed by atoms with Gasteiger partial charge in [0.05, 0.1) is 12.4 Å². The molecule has 0 radical (unpaired) electrons. The van der Waals surface area contributed by atoms with Crippen LogP contribution in [-0.2, 0) is 11.3 Å². The summed E-state index contributed by atoms with van der Waals surface area (Å²) in [7, 11) is 2.09. The van der Waals surface area contributed by atoms with Crippen LogP contribution < -0.4 is 4.74 Å². The molecule has 6 heteroatoms. The lowest BCUT2D eigenvalue weighted by Crippen LogP contribution is -2.30. The van der Waals surface area contributed by atoms with Gasteiger partial charge in [-0.25, -0.2) is 0 Å². The molecule has 1 aliphatic rings. The average Bonchev–Trinajstić information content (AvgIpc) is 2.84. The Bertz CT molecular complexity index is 391. The van der Waals surface area contributed by atoms with Crippen molar-refractivity contribution in [1.29, 1.82) is 0 Å². The molecule has 1 unspecified atom stereocenters. The number of likely N-dealkylation sites (N-methyl/N-ethyl adjacent to an activating group) is 1. The van der Waals surface area contributed by atoms with Crippen molar-refractivity contribution in [2.24, 2.45) is 0 Å². The van der Waals surface area contributed by atoms with Crippen molar-refractivity contribution < 1.29 is 14.6 Å². The Kier molecular flexibility index (Phi) is 3.63. The molecule has 0 spiro atoms. The molecule has 6 nitrogen and oxygen atoms in total. The van der Waals surface area contributed by atoms with Crippen molar-refractivity contribution in [3.8, 4) is 5.75 Å². The van der Waals surface area contributed by atoms with E-state index in [1.807, 2.05) is 0 Å². The van der Waals surface area contributed by atoms with Gasteiger partial charge in [-0.05, 0) is 26.4 Å². The van der Waals surface area contributed by atoms with Crippen LogP contribution in [0.3, 0.4) is 0 Å². The number of aliphatic carboxylic acids is 1. The van der Waals surface area contributed by atoms with Gasteiger partial charge in [0.25, 0.3) is 0 Å². The summed E-state index contributed by atoms with van der Waals surface area (Å²) in [6, 6.07) is 0.456. The molecule has 2 heterocycles. The number of hydrogen-bond donors (Lipinski definition) is 1. The maximum atomic E-state index is 10.5. The summed E-state index contributed by atoms with van der Waals surface area (Å²) in [4.78, 5) is 12.8. The maximum absolute atomic E-state index is 10.5. The normalized spacial score (nSPS) is 20.6. The number of aromatic nitrogens is 2. The molecular formula is C11H17N3O3. The van der Waals surface area contributed by atoms with E-state index in [2.05, 4.69) is 17.0 Å². The van der Waals surface area contributed by atoms with Crippen molar-refractivity contribution in [1.82, 2.24) is 14.7 Å². The molecule has 0 amide bonds. The van der Waals surface area contributed by atoms with Crippen LogP contribution >= 0.6 is 0 Å². The van der Waals surface area contributed by atoms with E-state index in [0.29, 0.717) is 18.4 Å². The first-order valence-corrected chi connectivity index (χ1v) is 5.72. The van der Waals surface area contributed by atoms with Crippen LogP contribution in [0.5, 0.6) is 5.75 Å². The smallest absolute Gasteiger partial charge is 0.325 e. The van der Waals surface area contributed by atoms with Gasteiger partial charge in [-0.15, -0.1) is 0 Å². The van der Waals surface area contributed by atoms with Gasteiger partial charge in [0.2, 0.25) is 0 Å². The maximum Gasteiger partial charge on any atom is 0.325 e. The standard InChI is InChI=1S/C11H17N3O3/c1-13-4-2-3-9(13)8-17-10-5-12-14(6-10)7-11(15)16/h5-6,9H,2-4,7-8H2,1H3,(H,15,16). The SMILES string of the molecule is CN1CCCC1COc1cnn(CC(=O)O)c1. The third kappa shape index (κ3) is 3.20. The first-order chi connectivity index (χ1) is 8.15. The quantitative estimate of drug-likeness (QED) is 0.807. The number of hydrogen-bond acceptors (Lipinski definition) is 4. The highest BCUT2D eigenvalue weighted by Crippen LogP contribution is 2.16. The van der Waals surface area contributed by atoms with Crippen LogP contribution in [0.15, 0.2) is 12.4 Å². The molecule has 0 bridgehead atoms. The number of nitrogens with zero attached hydrogens (tertiary/aromatic N) is 3. The van der Waals surface area contributed by atoms with Crippen molar-refractivity contribution in [2.75, 3.05) is 20.2 Å². The second-order valence-electron chi connectivity index (χ2n) is 4.36. The van der Waals surface area contributed by atoms with Crippen LogP contribution in [0.1, 0.15) is 12.8 Å². The molecule has 0 saturated carbocycles. The molecular weight excluding hydrogens is 222 g/mol. The highest BCUT2D eigenvalue weighted by atomic mass is 16.5. The van der Waals surface area contributed by atoms with Gasteiger partial charge < -0.3 is 14.7 Å². The summed E-state index contributed by atoms with van der Waals surface area (Å²) >= 11 is 0. The third-order valence-corrected chi connectivity index (χ3v) is 3.02. The molecule has 2 rings (SSSR count). The van der Waals surface area contributed by atoms with Crippen LogP contribution in [0, 0.1) is 0 Å². The third-order valence-electron chi connectivity index (χ3n) is 3.02. The summed E-state index contributed by atoms with van der Waals surface area (Å²) in [5.74, 6) is -0.276. The zero-order valence-electron chi connectivity index (χ0n) is 9.87. The first kappa shape index (κ1) is 11.9. The minimum Gasteiger partial charge on any atom is -0.489 e. The molecule has 1 atom stereocenters. The van der Waals surface area contributed by atoms with Crippen molar-refractivity contribution in [3.05, 3.63) is 12.4 Å². The highest BCUT2D eigenvalue weighted by Gasteiger charge is 2.21. The monoisotopic (exact) mass is 239 g/mol. The van der Waals surface area contributed by atoms with E-state index >= 15 is 0 Å². The summed E-state index contributed by atoms with van der Waals surface area (Å²) in [5, 5.41) is 12.5. The van der Waals surface area contributed by atoms with Gasteiger partial charge >= 0.3 is 5.97 Å². The minimum atomic E-state index is -0.907. The van der Waals surface area contributed by atoms with Crippen LogP contribution in [0.4, 0.5) is 0 Å². The summed E-state index contributed by atoms with van der Waals surface area (Å²) in [5.41, 5.74) is 0. The molecule has 1 aromatic heterocycles. The number of ether oxygens (including phenoxy) is 1. The molecule has 0 aromatic carbocycles. The van der Waals surface area contributed by atoms with E-state index in [4.69, 9.17) is 9.84 Å². The molecule has 1 saturated heterocycles. The van der Waals surface area contributed by atoms with Gasteiger partial charge in [-0.3, -0.25) is 9.48 Å². The zero-order chi connectivity index (χ0) is 12.3.